The number of nitrogen functional groups attached to an aromatic ring is 1. The predicted octanol–water partition coefficient (Wildman–Crippen LogP) is 2.68. The molecule has 0 amide bonds. The number of nitrogens with two attached hydrogens (primary N) is 1. The van der Waals surface area contributed by atoms with Crippen LogP contribution in [0, 0.1) is 5.92 Å². The van der Waals surface area contributed by atoms with Crippen LogP contribution in [-0.2, 0) is 6.54 Å². The van der Waals surface area contributed by atoms with Gasteiger partial charge in [0.05, 0.1) is 21.7 Å². The molecule has 0 radical (unpaired) electrons. The van der Waals surface area contributed by atoms with Gasteiger partial charge in [-0.1, -0.05) is 25.4 Å². The number of hydrogen-bond donors (Lipinski definition) is 1. The van der Waals surface area contributed by atoms with E-state index in [9.17, 15) is 0 Å². The normalized spacial score (nSPS) is 16.9. The van der Waals surface area contributed by atoms with Crippen LogP contribution in [0.1, 0.15) is 13.8 Å². The SMILES string of the molecule is CC(C)Cn1c(N2CCN(C)CC2)nc2cc(Cl)c(N)cc21. The van der Waals surface area contributed by atoms with Crippen molar-refractivity contribution in [2.75, 3.05) is 43.9 Å². The van der Waals surface area contributed by atoms with Gasteiger partial charge in [0.25, 0.3) is 0 Å². The molecule has 22 heavy (non-hydrogen) atoms. The van der Waals surface area contributed by atoms with Gasteiger partial charge >= 0.3 is 0 Å². The molecule has 0 bridgehead atoms. The summed E-state index contributed by atoms with van der Waals surface area (Å²) in [4.78, 5) is 9.56. The molecule has 1 aromatic heterocycles. The van der Waals surface area contributed by atoms with E-state index in [0.29, 0.717) is 16.6 Å². The first-order chi connectivity index (χ1) is 10.5. The van der Waals surface area contributed by atoms with Crippen LogP contribution in [0.3, 0.4) is 0 Å². The molecule has 1 aliphatic heterocycles. The number of imidazole rings is 1. The van der Waals surface area contributed by atoms with Crippen molar-refractivity contribution in [1.29, 1.82) is 0 Å². The fourth-order valence-electron chi connectivity index (χ4n) is 2.94. The van der Waals surface area contributed by atoms with Crippen LogP contribution in [0.5, 0.6) is 0 Å². The third-order valence-corrected chi connectivity index (χ3v) is 4.51. The number of likely N-dealkylation sites (N-methyl/N-ethyl adjacent to an activating group) is 1. The lowest BCUT2D eigenvalue weighted by atomic mass is 10.2. The van der Waals surface area contributed by atoms with Crippen LogP contribution in [0.15, 0.2) is 12.1 Å². The molecule has 1 aliphatic rings. The molecule has 0 saturated carbocycles. The standard InChI is InChI=1S/C16H24ClN5/c1-11(2)10-22-15-9-13(18)12(17)8-14(15)19-16(22)21-6-4-20(3)5-7-21/h8-9,11H,4-7,10,18H2,1-3H3. The lowest BCUT2D eigenvalue weighted by Crippen LogP contribution is -2.45. The van der Waals surface area contributed by atoms with Gasteiger partial charge in [0.2, 0.25) is 5.95 Å². The molecular weight excluding hydrogens is 298 g/mol. The summed E-state index contributed by atoms with van der Waals surface area (Å²) < 4.78 is 2.29. The predicted molar refractivity (Wildman–Crippen MR) is 93.7 cm³/mol. The number of fused-ring (bicyclic) bond motifs is 1. The quantitative estimate of drug-likeness (QED) is 0.883. The zero-order valence-electron chi connectivity index (χ0n) is 13.5. The molecule has 6 heteroatoms. The first-order valence-corrected chi connectivity index (χ1v) is 8.22. The van der Waals surface area contributed by atoms with Crippen LogP contribution in [0.2, 0.25) is 5.02 Å². The van der Waals surface area contributed by atoms with Gasteiger partial charge in [-0.3, -0.25) is 0 Å². The van der Waals surface area contributed by atoms with Gasteiger partial charge in [0.1, 0.15) is 0 Å². The molecule has 1 fully saturated rings. The summed E-state index contributed by atoms with van der Waals surface area (Å²) in [6.07, 6.45) is 0. The minimum Gasteiger partial charge on any atom is -0.397 e. The second kappa shape index (κ2) is 5.97. The average molecular weight is 322 g/mol. The summed E-state index contributed by atoms with van der Waals surface area (Å²) >= 11 is 6.17. The highest BCUT2D eigenvalue weighted by Crippen LogP contribution is 2.30. The summed E-state index contributed by atoms with van der Waals surface area (Å²) in [5.74, 6) is 1.58. The second-order valence-electron chi connectivity index (χ2n) is 6.57. The second-order valence-corrected chi connectivity index (χ2v) is 6.98. The molecule has 3 rings (SSSR count). The molecule has 0 atom stereocenters. The molecular formula is C16H24ClN5. The Morgan fingerprint density at radius 1 is 1.23 bits per heavy atom. The molecule has 0 unspecified atom stereocenters. The molecule has 1 aromatic carbocycles. The maximum atomic E-state index is 6.17. The molecule has 5 nitrogen and oxygen atoms in total. The van der Waals surface area contributed by atoms with Gasteiger partial charge in [-0.15, -0.1) is 0 Å². The Kier molecular flexibility index (Phi) is 4.19. The highest BCUT2D eigenvalue weighted by molar-refractivity contribution is 6.33. The maximum Gasteiger partial charge on any atom is 0.206 e. The van der Waals surface area contributed by atoms with Gasteiger partial charge in [-0.25, -0.2) is 4.98 Å². The van der Waals surface area contributed by atoms with Gasteiger partial charge in [-0.05, 0) is 25.1 Å². The van der Waals surface area contributed by atoms with Crippen molar-refractivity contribution in [2.45, 2.75) is 20.4 Å². The topological polar surface area (TPSA) is 50.3 Å². The van der Waals surface area contributed by atoms with Gasteiger partial charge in [0, 0.05) is 32.7 Å². The number of rotatable bonds is 3. The highest BCUT2D eigenvalue weighted by atomic mass is 35.5. The maximum absolute atomic E-state index is 6.17. The lowest BCUT2D eigenvalue weighted by Gasteiger charge is -2.33. The number of benzene rings is 1. The van der Waals surface area contributed by atoms with Crippen LogP contribution >= 0.6 is 11.6 Å². The summed E-state index contributed by atoms with van der Waals surface area (Å²) in [5.41, 5.74) is 8.61. The third-order valence-electron chi connectivity index (χ3n) is 4.18. The van der Waals surface area contributed by atoms with E-state index < -0.39 is 0 Å². The molecule has 0 aliphatic carbocycles. The zero-order valence-corrected chi connectivity index (χ0v) is 14.3. The molecule has 2 heterocycles. The van der Waals surface area contributed by atoms with E-state index in [0.717, 1.165) is 49.7 Å². The minimum atomic E-state index is 0.542. The van der Waals surface area contributed by atoms with E-state index in [4.69, 9.17) is 22.3 Å². The van der Waals surface area contributed by atoms with Crippen molar-refractivity contribution in [3.05, 3.63) is 17.2 Å². The van der Waals surface area contributed by atoms with E-state index in [-0.39, 0.29) is 0 Å². The Labute approximate surface area is 136 Å². The van der Waals surface area contributed by atoms with Crippen LogP contribution in [0.25, 0.3) is 11.0 Å². The van der Waals surface area contributed by atoms with Gasteiger partial charge < -0.3 is 20.1 Å². The smallest absolute Gasteiger partial charge is 0.206 e. The average Bonchev–Trinajstić information content (AvgIpc) is 2.78. The monoisotopic (exact) mass is 321 g/mol. The molecule has 2 N–H and O–H groups in total. The number of halogens is 1. The van der Waals surface area contributed by atoms with E-state index in [1.165, 1.54) is 0 Å². The van der Waals surface area contributed by atoms with Gasteiger partial charge in [-0.2, -0.15) is 0 Å². The fourth-order valence-corrected chi connectivity index (χ4v) is 3.10. The number of hydrogen-bond acceptors (Lipinski definition) is 4. The van der Waals surface area contributed by atoms with Crippen molar-refractivity contribution in [1.82, 2.24) is 14.5 Å². The van der Waals surface area contributed by atoms with Crippen molar-refractivity contribution in [3.8, 4) is 0 Å². The Bertz CT molecular complexity index is 671. The summed E-state index contributed by atoms with van der Waals surface area (Å²) in [5, 5.41) is 0.576. The van der Waals surface area contributed by atoms with Crippen molar-refractivity contribution >= 4 is 34.3 Å². The Morgan fingerprint density at radius 2 is 1.91 bits per heavy atom. The fraction of sp³-hybridized carbons (Fsp3) is 0.562. The van der Waals surface area contributed by atoms with E-state index in [1.54, 1.807) is 0 Å². The Hall–Kier alpha value is -1.46. The Balaban J connectivity index is 2.07. The third kappa shape index (κ3) is 2.88. The summed E-state index contributed by atoms with van der Waals surface area (Å²) in [6.45, 7) is 9.50. The first kappa shape index (κ1) is 15.4. The summed E-state index contributed by atoms with van der Waals surface area (Å²) in [7, 11) is 2.16. The molecule has 1 saturated heterocycles. The minimum absolute atomic E-state index is 0.542. The van der Waals surface area contributed by atoms with Crippen molar-refractivity contribution < 1.29 is 0 Å². The highest BCUT2D eigenvalue weighted by Gasteiger charge is 2.21. The van der Waals surface area contributed by atoms with E-state index >= 15 is 0 Å². The first-order valence-electron chi connectivity index (χ1n) is 7.84. The van der Waals surface area contributed by atoms with Crippen LogP contribution in [0.4, 0.5) is 11.6 Å². The van der Waals surface area contributed by atoms with E-state index in [1.807, 2.05) is 12.1 Å². The van der Waals surface area contributed by atoms with Crippen LogP contribution in [-0.4, -0.2) is 47.7 Å². The van der Waals surface area contributed by atoms with Gasteiger partial charge in [0.15, 0.2) is 0 Å². The number of piperazine rings is 1. The molecule has 0 spiro atoms. The van der Waals surface area contributed by atoms with Crippen LogP contribution < -0.4 is 10.6 Å². The summed E-state index contributed by atoms with van der Waals surface area (Å²) in [6, 6.07) is 3.83. The zero-order chi connectivity index (χ0) is 15.9. The number of aromatic nitrogens is 2. The molecule has 120 valence electrons. The number of anilines is 2. The van der Waals surface area contributed by atoms with Crippen molar-refractivity contribution in [2.24, 2.45) is 5.92 Å². The molecule has 2 aromatic rings. The van der Waals surface area contributed by atoms with Crippen molar-refractivity contribution in [3.63, 3.8) is 0 Å². The number of nitrogens with zero attached hydrogens (tertiary/aromatic N) is 4. The largest absolute Gasteiger partial charge is 0.397 e. The Morgan fingerprint density at radius 3 is 2.55 bits per heavy atom. The van der Waals surface area contributed by atoms with E-state index in [2.05, 4.69) is 35.3 Å². The lowest BCUT2D eigenvalue weighted by molar-refractivity contribution is 0.309.